The molecule has 0 aromatic heterocycles. The fourth-order valence-corrected chi connectivity index (χ4v) is 3.19. The summed E-state index contributed by atoms with van der Waals surface area (Å²) in [5.74, 6) is 1.86. The molecular weight excluding hydrogens is 236 g/mol. The van der Waals surface area contributed by atoms with Gasteiger partial charge in [-0.3, -0.25) is 0 Å². The first-order valence-electron chi connectivity index (χ1n) is 7.43. The van der Waals surface area contributed by atoms with E-state index < -0.39 is 0 Å². The molecule has 104 valence electrons. The zero-order valence-electron chi connectivity index (χ0n) is 12.0. The molecule has 1 N–H and O–H groups in total. The van der Waals surface area contributed by atoms with Crippen LogP contribution >= 0.6 is 0 Å². The number of likely N-dealkylation sites (tertiary alicyclic amines) is 1. The lowest BCUT2D eigenvalue weighted by atomic mass is 9.90. The highest BCUT2D eigenvalue weighted by Crippen LogP contribution is 2.29. The van der Waals surface area contributed by atoms with Crippen LogP contribution in [0.25, 0.3) is 0 Å². The molecule has 2 heterocycles. The van der Waals surface area contributed by atoms with Crippen LogP contribution in [0.1, 0.15) is 25.3 Å². The minimum absolute atomic E-state index is 0.550. The Balaban J connectivity index is 1.61. The summed E-state index contributed by atoms with van der Waals surface area (Å²) < 4.78 is 5.55. The fraction of sp³-hybridized carbons (Fsp3) is 0.625. The highest BCUT2D eigenvalue weighted by atomic mass is 16.5. The number of anilines is 1. The van der Waals surface area contributed by atoms with Crippen LogP contribution in [0.5, 0.6) is 5.75 Å². The zero-order chi connectivity index (χ0) is 13.2. The van der Waals surface area contributed by atoms with Gasteiger partial charge in [0.15, 0.2) is 0 Å². The van der Waals surface area contributed by atoms with Crippen molar-refractivity contribution in [3.63, 3.8) is 0 Å². The van der Waals surface area contributed by atoms with Crippen LogP contribution < -0.4 is 10.1 Å². The predicted octanol–water partition coefficient (Wildman–Crippen LogP) is 2.76. The Morgan fingerprint density at radius 3 is 2.89 bits per heavy atom. The van der Waals surface area contributed by atoms with Gasteiger partial charge in [-0.2, -0.15) is 0 Å². The highest BCUT2D eigenvalue weighted by molar-refractivity contribution is 5.52. The van der Waals surface area contributed by atoms with Gasteiger partial charge in [0.05, 0.1) is 6.61 Å². The normalized spacial score (nSPS) is 21.8. The van der Waals surface area contributed by atoms with E-state index in [1.807, 2.05) is 0 Å². The van der Waals surface area contributed by atoms with E-state index in [2.05, 4.69) is 42.4 Å². The average Bonchev–Trinajstić information content (AvgIpc) is 2.87. The summed E-state index contributed by atoms with van der Waals surface area (Å²) in [5.41, 5.74) is 2.59. The van der Waals surface area contributed by atoms with Gasteiger partial charge in [0.25, 0.3) is 0 Å². The van der Waals surface area contributed by atoms with Crippen LogP contribution in [0, 0.1) is 5.92 Å². The lowest BCUT2D eigenvalue weighted by Crippen LogP contribution is -2.37. The summed E-state index contributed by atoms with van der Waals surface area (Å²) >= 11 is 0. The van der Waals surface area contributed by atoms with E-state index in [-0.39, 0.29) is 0 Å². The number of nitrogens with zero attached hydrogens (tertiary/aromatic N) is 1. The smallest absolute Gasteiger partial charge is 0.122 e. The van der Waals surface area contributed by atoms with E-state index in [1.54, 1.807) is 0 Å². The van der Waals surface area contributed by atoms with E-state index in [0.29, 0.717) is 6.04 Å². The molecule has 0 spiro atoms. The van der Waals surface area contributed by atoms with Gasteiger partial charge in [0, 0.05) is 18.2 Å². The second-order valence-corrected chi connectivity index (χ2v) is 5.99. The molecule has 1 fully saturated rings. The number of hydrogen-bond acceptors (Lipinski definition) is 3. The molecule has 1 unspecified atom stereocenters. The molecule has 0 bridgehead atoms. The minimum Gasteiger partial charge on any atom is -0.493 e. The van der Waals surface area contributed by atoms with Crippen molar-refractivity contribution < 1.29 is 4.74 Å². The van der Waals surface area contributed by atoms with Crippen LogP contribution in [-0.4, -0.2) is 37.7 Å². The summed E-state index contributed by atoms with van der Waals surface area (Å²) in [6.07, 6.45) is 3.66. The number of piperidine rings is 1. The second kappa shape index (κ2) is 5.41. The maximum Gasteiger partial charge on any atom is 0.122 e. The van der Waals surface area contributed by atoms with E-state index in [9.17, 15) is 0 Å². The molecule has 2 aliphatic rings. The van der Waals surface area contributed by atoms with Crippen molar-refractivity contribution in [2.24, 2.45) is 5.92 Å². The van der Waals surface area contributed by atoms with Gasteiger partial charge in [-0.15, -0.1) is 0 Å². The van der Waals surface area contributed by atoms with Crippen molar-refractivity contribution in [2.75, 3.05) is 32.1 Å². The van der Waals surface area contributed by atoms with Crippen LogP contribution in [0.15, 0.2) is 18.2 Å². The molecule has 3 heteroatoms. The first-order valence-corrected chi connectivity index (χ1v) is 7.43. The summed E-state index contributed by atoms with van der Waals surface area (Å²) in [7, 11) is 2.22. The number of rotatable bonds is 3. The Hall–Kier alpha value is -1.22. The van der Waals surface area contributed by atoms with Gasteiger partial charge in [-0.05, 0) is 69.6 Å². The molecule has 3 rings (SSSR count). The molecule has 0 amide bonds. The minimum atomic E-state index is 0.550. The number of benzene rings is 1. The third kappa shape index (κ3) is 2.86. The molecule has 1 aromatic carbocycles. The summed E-state index contributed by atoms with van der Waals surface area (Å²) in [6.45, 7) is 5.62. The van der Waals surface area contributed by atoms with E-state index in [0.717, 1.165) is 24.7 Å². The molecule has 0 aliphatic carbocycles. The maximum atomic E-state index is 5.55. The Labute approximate surface area is 115 Å². The van der Waals surface area contributed by atoms with Crippen LogP contribution in [0.2, 0.25) is 0 Å². The molecule has 3 nitrogen and oxygen atoms in total. The molecule has 0 saturated carbocycles. The van der Waals surface area contributed by atoms with E-state index in [1.165, 1.54) is 37.2 Å². The molecule has 0 radical (unpaired) electrons. The van der Waals surface area contributed by atoms with Crippen molar-refractivity contribution >= 4 is 5.69 Å². The lowest BCUT2D eigenvalue weighted by Gasteiger charge is -2.33. The van der Waals surface area contributed by atoms with Gasteiger partial charge in [0.2, 0.25) is 0 Å². The van der Waals surface area contributed by atoms with Crippen LogP contribution in [0.3, 0.4) is 0 Å². The summed E-state index contributed by atoms with van der Waals surface area (Å²) in [4.78, 5) is 2.43. The molecule has 2 aliphatic heterocycles. The molecular formula is C16H24N2O. The van der Waals surface area contributed by atoms with Gasteiger partial charge in [-0.1, -0.05) is 0 Å². The monoisotopic (exact) mass is 260 g/mol. The third-order valence-corrected chi connectivity index (χ3v) is 4.55. The zero-order valence-corrected chi connectivity index (χ0v) is 12.0. The number of hydrogen-bond donors (Lipinski definition) is 1. The summed E-state index contributed by atoms with van der Waals surface area (Å²) in [5, 5.41) is 3.68. The molecule has 19 heavy (non-hydrogen) atoms. The SMILES string of the molecule is CC(Nc1ccc2c(c1)CCO2)C1CCN(C)CC1. The van der Waals surface area contributed by atoms with Gasteiger partial charge in [-0.25, -0.2) is 0 Å². The Kier molecular flexibility index (Phi) is 3.65. The number of fused-ring (bicyclic) bond motifs is 1. The topological polar surface area (TPSA) is 24.5 Å². The van der Waals surface area contributed by atoms with Crippen molar-refractivity contribution in [2.45, 2.75) is 32.2 Å². The Bertz CT molecular complexity index is 438. The first-order chi connectivity index (χ1) is 9.22. The predicted molar refractivity (Wildman–Crippen MR) is 78.9 cm³/mol. The average molecular weight is 260 g/mol. The first kappa shape index (κ1) is 12.8. The molecule has 1 atom stereocenters. The molecule has 1 saturated heterocycles. The number of nitrogens with one attached hydrogen (secondary N) is 1. The molecule has 1 aromatic rings. The maximum absolute atomic E-state index is 5.55. The van der Waals surface area contributed by atoms with Crippen molar-refractivity contribution in [3.05, 3.63) is 23.8 Å². The summed E-state index contributed by atoms with van der Waals surface area (Å²) in [6, 6.07) is 7.06. The van der Waals surface area contributed by atoms with Crippen molar-refractivity contribution in [1.29, 1.82) is 0 Å². The third-order valence-electron chi connectivity index (χ3n) is 4.55. The number of ether oxygens (including phenoxy) is 1. The fourth-order valence-electron chi connectivity index (χ4n) is 3.19. The van der Waals surface area contributed by atoms with E-state index in [4.69, 9.17) is 4.74 Å². The Morgan fingerprint density at radius 2 is 2.11 bits per heavy atom. The van der Waals surface area contributed by atoms with Gasteiger partial charge in [0.1, 0.15) is 5.75 Å². The largest absolute Gasteiger partial charge is 0.493 e. The van der Waals surface area contributed by atoms with Crippen LogP contribution in [0.4, 0.5) is 5.69 Å². The lowest BCUT2D eigenvalue weighted by molar-refractivity contribution is 0.208. The quantitative estimate of drug-likeness (QED) is 0.904. The van der Waals surface area contributed by atoms with Gasteiger partial charge >= 0.3 is 0 Å². The standard InChI is InChI=1S/C16H24N2O/c1-12(13-5-8-18(2)9-6-13)17-15-3-4-16-14(11-15)7-10-19-16/h3-4,11-13,17H,5-10H2,1-2H3. The van der Waals surface area contributed by atoms with Crippen LogP contribution in [-0.2, 0) is 6.42 Å². The van der Waals surface area contributed by atoms with Gasteiger partial charge < -0.3 is 15.0 Å². The van der Waals surface area contributed by atoms with E-state index >= 15 is 0 Å². The second-order valence-electron chi connectivity index (χ2n) is 5.99. The van der Waals surface area contributed by atoms with Crippen molar-refractivity contribution in [1.82, 2.24) is 4.90 Å². The van der Waals surface area contributed by atoms with Crippen molar-refractivity contribution in [3.8, 4) is 5.75 Å². The highest BCUT2D eigenvalue weighted by Gasteiger charge is 2.22. The Morgan fingerprint density at radius 1 is 1.32 bits per heavy atom.